The second-order valence-electron chi connectivity index (χ2n) is 5.60. The van der Waals surface area contributed by atoms with Crippen molar-refractivity contribution >= 4 is 0 Å². The Balaban J connectivity index is 1.91. The molecule has 0 amide bonds. The molecule has 3 atom stereocenters. The zero-order valence-electron chi connectivity index (χ0n) is 11.0. The van der Waals surface area contributed by atoms with E-state index in [1.165, 1.54) is 11.1 Å². The van der Waals surface area contributed by atoms with Crippen molar-refractivity contribution in [3.8, 4) is 0 Å². The number of piperidine rings is 1. The standard InChI is InChI=1S/C16H21N3/c17-15-10-13-8-4-5-9-14(13)16(18,19-15)11-12-6-2-1-3-7-12/h1-7,9,13,15,19H,8,10-11,17-18H2. The van der Waals surface area contributed by atoms with E-state index >= 15 is 0 Å². The Labute approximate surface area is 114 Å². The van der Waals surface area contributed by atoms with Crippen LogP contribution in [0.1, 0.15) is 18.4 Å². The van der Waals surface area contributed by atoms with Crippen LogP contribution in [0.4, 0.5) is 0 Å². The maximum Gasteiger partial charge on any atom is 0.0942 e. The highest BCUT2D eigenvalue weighted by atomic mass is 15.2. The summed E-state index contributed by atoms with van der Waals surface area (Å²) in [7, 11) is 0. The summed E-state index contributed by atoms with van der Waals surface area (Å²) >= 11 is 0. The lowest BCUT2D eigenvalue weighted by atomic mass is 9.75. The molecular weight excluding hydrogens is 234 g/mol. The van der Waals surface area contributed by atoms with Gasteiger partial charge in [-0.1, -0.05) is 48.6 Å². The predicted octanol–water partition coefficient (Wildman–Crippen LogP) is 1.66. The van der Waals surface area contributed by atoms with E-state index in [1.807, 2.05) is 18.2 Å². The Hall–Kier alpha value is -1.42. The molecule has 19 heavy (non-hydrogen) atoms. The molecule has 0 spiro atoms. The number of allylic oxidation sites excluding steroid dienone is 3. The maximum atomic E-state index is 6.64. The summed E-state index contributed by atoms with van der Waals surface area (Å²) in [6.45, 7) is 0. The third-order valence-electron chi connectivity index (χ3n) is 4.09. The van der Waals surface area contributed by atoms with Crippen molar-refractivity contribution < 1.29 is 0 Å². The third-order valence-corrected chi connectivity index (χ3v) is 4.09. The number of benzene rings is 1. The van der Waals surface area contributed by atoms with Gasteiger partial charge in [0.1, 0.15) is 0 Å². The molecule has 3 rings (SSSR count). The van der Waals surface area contributed by atoms with Gasteiger partial charge in [-0.2, -0.15) is 0 Å². The van der Waals surface area contributed by atoms with Crippen LogP contribution >= 0.6 is 0 Å². The number of nitrogens with one attached hydrogen (secondary N) is 1. The Kier molecular flexibility index (Phi) is 3.27. The molecular formula is C16H21N3. The summed E-state index contributed by atoms with van der Waals surface area (Å²) in [6.07, 6.45) is 9.24. The lowest BCUT2D eigenvalue weighted by Gasteiger charge is -2.45. The fraction of sp³-hybridized carbons (Fsp3) is 0.375. The largest absolute Gasteiger partial charge is 0.316 e. The minimum Gasteiger partial charge on any atom is -0.316 e. The van der Waals surface area contributed by atoms with Crippen molar-refractivity contribution in [1.82, 2.24) is 5.32 Å². The smallest absolute Gasteiger partial charge is 0.0942 e. The topological polar surface area (TPSA) is 64.1 Å². The predicted molar refractivity (Wildman–Crippen MR) is 78.1 cm³/mol. The van der Waals surface area contributed by atoms with Crippen LogP contribution in [0, 0.1) is 5.92 Å². The Morgan fingerprint density at radius 3 is 2.84 bits per heavy atom. The van der Waals surface area contributed by atoms with Crippen molar-refractivity contribution in [2.45, 2.75) is 31.1 Å². The van der Waals surface area contributed by atoms with Crippen LogP contribution in [0.2, 0.25) is 0 Å². The van der Waals surface area contributed by atoms with Crippen molar-refractivity contribution in [3.05, 3.63) is 59.7 Å². The van der Waals surface area contributed by atoms with Crippen molar-refractivity contribution in [2.75, 3.05) is 0 Å². The number of hydrogen-bond acceptors (Lipinski definition) is 3. The lowest BCUT2D eigenvalue weighted by molar-refractivity contribution is 0.233. The van der Waals surface area contributed by atoms with Crippen LogP contribution in [0.5, 0.6) is 0 Å². The van der Waals surface area contributed by atoms with Gasteiger partial charge in [-0.25, -0.2) is 0 Å². The van der Waals surface area contributed by atoms with E-state index in [0.29, 0.717) is 5.92 Å². The van der Waals surface area contributed by atoms with E-state index < -0.39 is 5.66 Å². The minimum absolute atomic E-state index is 0.0256. The molecule has 0 bridgehead atoms. The second kappa shape index (κ2) is 4.93. The summed E-state index contributed by atoms with van der Waals surface area (Å²) in [5.74, 6) is 0.481. The van der Waals surface area contributed by atoms with E-state index in [1.54, 1.807) is 0 Å². The molecule has 1 aliphatic carbocycles. The first-order valence-electron chi connectivity index (χ1n) is 6.91. The summed E-state index contributed by atoms with van der Waals surface area (Å²) in [4.78, 5) is 0. The Morgan fingerprint density at radius 1 is 1.26 bits per heavy atom. The minimum atomic E-state index is -0.519. The molecule has 1 aliphatic heterocycles. The van der Waals surface area contributed by atoms with E-state index in [0.717, 1.165) is 19.3 Å². The van der Waals surface area contributed by atoms with Crippen LogP contribution < -0.4 is 16.8 Å². The van der Waals surface area contributed by atoms with E-state index in [4.69, 9.17) is 11.5 Å². The summed E-state index contributed by atoms with van der Waals surface area (Å²) in [5, 5.41) is 3.39. The fourth-order valence-electron chi connectivity index (χ4n) is 3.26. The van der Waals surface area contributed by atoms with Gasteiger partial charge < -0.3 is 11.5 Å². The van der Waals surface area contributed by atoms with Crippen molar-refractivity contribution in [1.29, 1.82) is 0 Å². The molecule has 3 heteroatoms. The van der Waals surface area contributed by atoms with Gasteiger partial charge in [-0.3, -0.25) is 5.32 Å². The molecule has 1 saturated heterocycles. The van der Waals surface area contributed by atoms with Crippen LogP contribution in [0.25, 0.3) is 0 Å². The number of fused-ring (bicyclic) bond motifs is 1. The van der Waals surface area contributed by atoms with Crippen LogP contribution in [0.3, 0.4) is 0 Å². The van der Waals surface area contributed by atoms with E-state index in [2.05, 4.69) is 35.7 Å². The number of hydrogen-bond donors (Lipinski definition) is 3. The summed E-state index contributed by atoms with van der Waals surface area (Å²) in [6, 6.07) is 10.4. The van der Waals surface area contributed by atoms with Crippen LogP contribution in [-0.4, -0.2) is 11.8 Å². The maximum absolute atomic E-state index is 6.64. The average Bonchev–Trinajstić information content (AvgIpc) is 2.39. The number of nitrogens with two attached hydrogens (primary N) is 2. The molecule has 0 radical (unpaired) electrons. The highest BCUT2D eigenvalue weighted by molar-refractivity contribution is 5.34. The summed E-state index contributed by atoms with van der Waals surface area (Å²) in [5.41, 5.74) is 14.8. The van der Waals surface area contributed by atoms with Crippen molar-refractivity contribution in [2.24, 2.45) is 17.4 Å². The molecule has 1 aromatic carbocycles. The Morgan fingerprint density at radius 2 is 2.05 bits per heavy atom. The highest BCUT2D eigenvalue weighted by Gasteiger charge is 2.40. The number of rotatable bonds is 2. The SMILES string of the molecule is NC1CC2CC=CC=C2C(N)(Cc2ccccc2)N1. The summed E-state index contributed by atoms with van der Waals surface area (Å²) < 4.78 is 0. The van der Waals surface area contributed by atoms with Gasteiger partial charge in [0.15, 0.2) is 0 Å². The first-order chi connectivity index (χ1) is 9.17. The average molecular weight is 255 g/mol. The van der Waals surface area contributed by atoms with Crippen LogP contribution in [0.15, 0.2) is 54.1 Å². The molecule has 5 N–H and O–H groups in total. The van der Waals surface area contributed by atoms with Gasteiger partial charge >= 0.3 is 0 Å². The van der Waals surface area contributed by atoms with Crippen LogP contribution in [-0.2, 0) is 6.42 Å². The molecule has 3 nitrogen and oxygen atoms in total. The van der Waals surface area contributed by atoms with Gasteiger partial charge in [0.2, 0.25) is 0 Å². The Bertz CT molecular complexity index is 506. The molecule has 100 valence electrons. The molecule has 1 fully saturated rings. The normalized spacial score (nSPS) is 33.7. The molecule has 2 aliphatic rings. The highest BCUT2D eigenvalue weighted by Crippen LogP contribution is 2.35. The fourth-order valence-corrected chi connectivity index (χ4v) is 3.26. The van der Waals surface area contributed by atoms with Gasteiger partial charge in [-0.15, -0.1) is 0 Å². The third kappa shape index (κ3) is 2.50. The zero-order valence-corrected chi connectivity index (χ0v) is 11.0. The van der Waals surface area contributed by atoms with Gasteiger partial charge in [0, 0.05) is 6.42 Å². The second-order valence-corrected chi connectivity index (χ2v) is 5.60. The monoisotopic (exact) mass is 255 g/mol. The molecule has 0 aromatic heterocycles. The lowest BCUT2D eigenvalue weighted by Crippen LogP contribution is -2.66. The van der Waals surface area contributed by atoms with Crippen molar-refractivity contribution in [3.63, 3.8) is 0 Å². The molecule has 1 aromatic rings. The molecule has 3 unspecified atom stereocenters. The van der Waals surface area contributed by atoms with E-state index in [9.17, 15) is 0 Å². The zero-order chi connectivity index (χ0) is 13.3. The first kappa shape index (κ1) is 12.6. The molecule has 0 saturated carbocycles. The molecule has 1 heterocycles. The first-order valence-corrected chi connectivity index (χ1v) is 6.91. The van der Waals surface area contributed by atoms with E-state index in [-0.39, 0.29) is 6.17 Å². The van der Waals surface area contributed by atoms with Gasteiger partial charge in [0.25, 0.3) is 0 Å². The quantitative estimate of drug-likeness (QED) is 0.753. The van der Waals surface area contributed by atoms with Gasteiger partial charge in [-0.05, 0) is 29.9 Å². The van der Waals surface area contributed by atoms with Gasteiger partial charge in [0.05, 0.1) is 11.8 Å².